The van der Waals surface area contributed by atoms with E-state index >= 15 is 0 Å². The molecule has 0 radical (unpaired) electrons. The normalized spacial score (nSPS) is 19.1. The first-order valence-corrected chi connectivity index (χ1v) is 9.89. The predicted octanol–water partition coefficient (Wildman–Crippen LogP) is 2.32. The number of aromatic nitrogens is 3. The highest BCUT2D eigenvalue weighted by Crippen LogP contribution is 2.29. The zero-order valence-electron chi connectivity index (χ0n) is 14.4. The molecule has 1 saturated heterocycles. The Morgan fingerprint density at radius 1 is 1.36 bits per heavy atom. The van der Waals surface area contributed by atoms with E-state index in [0.717, 1.165) is 12.8 Å². The van der Waals surface area contributed by atoms with Gasteiger partial charge in [-0.1, -0.05) is 11.6 Å². The highest BCUT2D eigenvalue weighted by molar-refractivity contribution is 7.89. The van der Waals surface area contributed by atoms with E-state index in [0.29, 0.717) is 28.7 Å². The summed E-state index contributed by atoms with van der Waals surface area (Å²) in [5.74, 6) is 0.523. The van der Waals surface area contributed by atoms with Crippen molar-refractivity contribution in [2.24, 2.45) is 7.05 Å². The Labute approximate surface area is 152 Å². The van der Waals surface area contributed by atoms with Crippen LogP contribution < -0.4 is 4.74 Å². The van der Waals surface area contributed by atoms with Crippen LogP contribution in [0.4, 0.5) is 0 Å². The van der Waals surface area contributed by atoms with Gasteiger partial charge in [0.25, 0.3) is 0 Å². The highest BCUT2D eigenvalue weighted by atomic mass is 35.5. The molecule has 136 valence electrons. The molecule has 1 aliphatic rings. The third-order valence-corrected chi connectivity index (χ3v) is 6.81. The summed E-state index contributed by atoms with van der Waals surface area (Å²) in [6, 6.07) is 1.69. The number of hydrogen-bond donors (Lipinski definition) is 0. The third kappa shape index (κ3) is 3.51. The highest BCUT2D eigenvalue weighted by Gasteiger charge is 2.34. The minimum absolute atomic E-state index is 0.249. The number of ether oxygens (including phenoxy) is 1. The van der Waals surface area contributed by atoms with Crippen LogP contribution in [-0.2, 0) is 17.1 Å². The van der Waals surface area contributed by atoms with Crippen LogP contribution >= 0.6 is 11.6 Å². The Bertz CT molecular complexity index is 882. The Morgan fingerprint density at radius 2 is 2.12 bits per heavy atom. The molecular weight excluding hydrogens is 364 g/mol. The van der Waals surface area contributed by atoms with Gasteiger partial charge in [0, 0.05) is 32.1 Å². The van der Waals surface area contributed by atoms with E-state index in [4.69, 9.17) is 16.3 Å². The summed E-state index contributed by atoms with van der Waals surface area (Å²) in [6.45, 7) is 4.24. The summed E-state index contributed by atoms with van der Waals surface area (Å²) in [4.78, 5) is 4.22. The second-order valence-corrected chi connectivity index (χ2v) is 8.46. The van der Waals surface area contributed by atoms with Gasteiger partial charge in [-0.15, -0.1) is 0 Å². The second-order valence-electron chi connectivity index (χ2n) is 6.17. The van der Waals surface area contributed by atoms with Gasteiger partial charge in [0.15, 0.2) is 0 Å². The lowest BCUT2D eigenvalue weighted by molar-refractivity contribution is 0.129. The lowest BCUT2D eigenvalue weighted by Gasteiger charge is -2.32. The molecule has 0 N–H and O–H groups in total. The molecule has 0 bridgehead atoms. The quantitative estimate of drug-likeness (QED) is 0.808. The molecule has 1 aliphatic heterocycles. The van der Waals surface area contributed by atoms with Crippen LogP contribution in [0.1, 0.15) is 24.2 Å². The minimum Gasteiger partial charge on any atom is -0.487 e. The summed E-state index contributed by atoms with van der Waals surface area (Å²) < 4.78 is 35.2. The zero-order valence-corrected chi connectivity index (χ0v) is 16.0. The number of aryl methyl sites for hydroxylation is 2. The van der Waals surface area contributed by atoms with E-state index in [1.807, 2.05) is 0 Å². The van der Waals surface area contributed by atoms with Crippen molar-refractivity contribution in [2.45, 2.75) is 37.7 Å². The molecule has 3 heterocycles. The number of hydrogen-bond acceptors (Lipinski definition) is 5. The van der Waals surface area contributed by atoms with Gasteiger partial charge < -0.3 is 4.74 Å². The fraction of sp³-hybridized carbons (Fsp3) is 0.500. The first kappa shape index (κ1) is 18.2. The van der Waals surface area contributed by atoms with Crippen molar-refractivity contribution in [1.29, 1.82) is 0 Å². The molecule has 0 saturated carbocycles. The summed E-state index contributed by atoms with van der Waals surface area (Å²) >= 11 is 6.08. The first-order chi connectivity index (χ1) is 11.8. The molecule has 0 aliphatic carbocycles. The van der Waals surface area contributed by atoms with Gasteiger partial charge in [-0.05, 0) is 26.7 Å². The maximum absolute atomic E-state index is 13.1. The van der Waals surface area contributed by atoms with Gasteiger partial charge >= 0.3 is 0 Å². The Hall–Kier alpha value is -1.64. The molecule has 1 atom stereocenters. The fourth-order valence-corrected chi connectivity index (χ4v) is 5.19. The monoisotopic (exact) mass is 384 g/mol. The number of rotatable bonds is 4. The van der Waals surface area contributed by atoms with Crippen LogP contribution in [0.5, 0.6) is 5.75 Å². The molecule has 1 fully saturated rings. The van der Waals surface area contributed by atoms with Crippen LogP contribution in [-0.4, -0.2) is 46.7 Å². The molecule has 3 rings (SSSR count). The van der Waals surface area contributed by atoms with Gasteiger partial charge in [-0.2, -0.15) is 9.40 Å². The standard InChI is InChI=1S/C16H21ClN4O3S/c1-11-16(12(2)20(3)19-11)25(22,23)21-8-4-5-13(10-21)24-15-6-7-18-9-14(15)17/h6-7,9,13H,4-5,8,10H2,1-3H3. The maximum atomic E-state index is 13.1. The van der Waals surface area contributed by atoms with Crippen molar-refractivity contribution in [2.75, 3.05) is 13.1 Å². The molecule has 2 aromatic rings. The fourth-order valence-electron chi connectivity index (χ4n) is 3.11. The average molecular weight is 385 g/mol. The largest absolute Gasteiger partial charge is 0.487 e. The topological polar surface area (TPSA) is 77.3 Å². The summed E-state index contributed by atoms with van der Waals surface area (Å²) in [6.07, 6.45) is 4.36. The number of sulfonamides is 1. The first-order valence-electron chi connectivity index (χ1n) is 8.07. The van der Waals surface area contributed by atoms with Crippen molar-refractivity contribution in [3.63, 3.8) is 0 Å². The van der Waals surface area contributed by atoms with Crippen LogP contribution in [0.15, 0.2) is 23.4 Å². The van der Waals surface area contributed by atoms with Crippen molar-refractivity contribution >= 4 is 21.6 Å². The second kappa shape index (κ2) is 6.93. The molecule has 2 aromatic heterocycles. The molecule has 0 spiro atoms. The van der Waals surface area contributed by atoms with E-state index in [2.05, 4.69) is 10.1 Å². The van der Waals surface area contributed by atoms with E-state index < -0.39 is 10.0 Å². The minimum atomic E-state index is -3.61. The maximum Gasteiger partial charge on any atom is 0.246 e. The van der Waals surface area contributed by atoms with Gasteiger partial charge in [0.2, 0.25) is 10.0 Å². The molecule has 9 heteroatoms. The van der Waals surface area contributed by atoms with Crippen molar-refractivity contribution in [3.8, 4) is 5.75 Å². The van der Waals surface area contributed by atoms with E-state index in [1.54, 1.807) is 37.8 Å². The lowest BCUT2D eigenvalue weighted by atomic mass is 10.1. The molecular formula is C16H21ClN4O3S. The lowest BCUT2D eigenvalue weighted by Crippen LogP contribution is -2.44. The summed E-state index contributed by atoms with van der Waals surface area (Å²) in [7, 11) is -1.87. The molecule has 25 heavy (non-hydrogen) atoms. The summed E-state index contributed by atoms with van der Waals surface area (Å²) in [5, 5.41) is 4.64. The van der Waals surface area contributed by atoms with Gasteiger partial charge in [0.05, 0.1) is 17.9 Å². The summed E-state index contributed by atoms with van der Waals surface area (Å²) in [5.41, 5.74) is 1.15. The Morgan fingerprint density at radius 3 is 2.76 bits per heavy atom. The van der Waals surface area contributed by atoms with Crippen LogP contribution in [0.3, 0.4) is 0 Å². The van der Waals surface area contributed by atoms with E-state index in [-0.39, 0.29) is 17.5 Å². The van der Waals surface area contributed by atoms with Crippen LogP contribution in [0.25, 0.3) is 0 Å². The van der Waals surface area contributed by atoms with Crippen LogP contribution in [0.2, 0.25) is 5.02 Å². The zero-order chi connectivity index (χ0) is 18.2. The van der Waals surface area contributed by atoms with E-state index in [1.165, 1.54) is 10.5 Å². The molecule has 7 nitrogen and oxygen atoms in total. The predicted molar refractivity (Wildman–Crippen MR) is 94.3 cm³/mol. The van der Waals surface area contributed by atoms with Crippen molar-refractivity contribution in [3.05, 3.63) is 34.9 Å². The Kier molecular flexibility index (Phi) is 5.04. The van der Waals surface area contributed by atoms with Crippen LogP contribution in [0, 0.1) is 13.8 Å². The third-order valence-electron chi connectivity index (χ3n) is 4.41. The number of pyridine rings is 1. The van der Waals surface area contributed by atoms with Gasteiger partial charge in [-0.25, -0.2) is 8.42 Å². The number of piperidine rings is 1. The molecule has 0 aromatic carbocycles. The molecule has 1 unspecified atom stereocenters. The SMILES string of the molecule is Cc1nn(C)c(C)c1S(=O)(=O)N1CCCC(Oc2ccncc2Cl)C1. The van der Waals surface area contributed by atoms with Gasteiger partial charge in [0.1, 0.15) is 21.8 Å². The smallest absolute Gasteiger partial charge is 0.246 e. The average Bonchev–Trinajstić information content (AvgIpc) is 2.83. The van der Waals surface area contributed by atoms with Crippen molar-refractivity contribution in [1.82, 2.24) is 19.1 Å². The van der Waals surface area contributed by atoms with Crippen molar-refractivity contribution < 1.29 is 13.2 Å². The van der Waals surface area contributed by atoms with E-state index in [9.17, 15) is 8.42 Å². The van der Waals surface area contributed by atoms with Gasteiger partial charge in [-0.3, -0.25) is 9.67 Å². The number of nitrogens with zero attached hydrogens (tertiary/aromatic N) is 4. The Balaban J connectivity index is 1.82. The number of halogens is 1. The molecule has 0 amide bonds.